The molecule has 0 aliphatic rings. The lowest BCUT2D eigenvalue weighted by Gasteiger charge is -1.97. The maximum absolute atomic E-state index is 5.61. The minimum absolute atomic E-state index is 0.413. The molecule has 0 fully saturated rings. The van der Waals surface area contributed by atoms with Gasteiger partial charge in [0.2, 0.25) is 0 Å². The van der Waals surface area contributed by atoms with Crippen LogP contribution in [0, 0.1) is 0 Å². The van der Waals surface area contributed by atoms with Crippen LogP contribution in [0.1, 0.15) is 0 Å². The third-order valence-electron chi connectivity index (χ3n) is 1.72. The second kappa shape index (κ2) is 7.40. The molecular formula is C12H8Cl4S. The summed E-state index contributed by atoms with van der Waals surface area (Å²) in [6.45, 7) is 0. The summed E-state index contributed by atoms with van der Waals surface area (Å²) >= 11 is 26.5. The molecule has 0 spiro atoms. The zero-order valence-corrected chi connectivity index (χ0v) is 12.4. The van der Waals surface area contributed by atoms with Gasteiger partial charge in [0, 0.05) is 4.90 Å². The lowest BCUT2D eigenvalue weighted by Crippen LogP contribution is -1.70. The molecule has 0 unspecified atom stereocenters. The van der Waals surface area contributed by atoms with Crippen LogP contribution in [-0.2, 0) is 0 Å². The molecule has 0 aliphatic carbocycles. The maximum Gasteiger partial charge on any atom is 0.0608 e. The molecule has 0 aromatic heterocycles. The van der Waals surface area contributed by atoms with E-state index in [2.05, 4.69) is 12.6 Å². The van der Waals surface area contributed by atoms with Gasteiger partial charge in [0.1, 0.15) is 0 Å². The Hall–Kier alpha value is -0.0500. The predicted octanol–water partition coefficient (Wildman–Crippen LogP) is 6.28. The Morgan fingerprint density at radius 2 is 1.00 bits per heavy atom. The molecule has 0 N–H and O–H groups in total. The molecule has 5 heteroatoms. The van der Waals surface area contributed by atoms with Crippen molar-refractivity contribution in [3.05, 3.63) is 62.6 Å². The number of benzene rings is 2. The molecule has 2 aromatic rings. The van der Waals surface area contributed by atoms with E-state index in [1.807, 2.05) is 30.3 Å². The van der Waals surface area contributed by atoms with Gasteiger partial charge >= 0.3 is 0 Å². The van der Waals surface area contributed by atoms with Crippen molar-refractivity contribution in [1.29, 1.82) is 0 Å². The highest BCUT2D eigenvalue weighted by molar-refractivity contribution is 7.80. The Labute approximate surface area is 126 Å². The summed E-state index contributed by atoms with van der Waals surface area (Å²) in [6, 6.07) is 12.8. The first-order chi connectivity index (χ1) is 8.00. The van der Waals surface area contributed by atoms with Gasteiger partial charge in [-0.25, -0.2) is 0 Å². The number of halogens is 4. The first-order valence-electron chi connectivity index (χ1n) is 4.54. The van der Waals surface area contributed by atoms with Gasteiger partial charge in [0.25, 0.3) is 0 Å². The molecular weight excluding hydrogens is 318 g/mol. The van der Waals surface area contributed by atoms with Crippen molar-refractivity contribution in [1.82, 2.24) is 0 Å². The molecule has 0 saturated heterocycles. The van der Waals surface area contributed by atoms with Crippen molar-refractivity contribution in [2.75, 3.05) is 0 Å². The van der Waals surface area contributed by atoms with Gasteiger partial charge in [-0.2, -0.15) is 0 Å². The van der Waals surface area contributed by atoms with Crippen LogP contribution in [0.2, 0.25) is 20.1 Å². The molecule has 0 radical (unpaired) electrons. The van der Waals surface area contributed by atoms with E-state index in [-0.39, 0.29) is 0 Å². The molecule has 2 aromatic carbocycles. The zero-order chi connectivity index (χ0) is 12.8. The summed E-state index contributed by atoms with van der Waals surface area (Å²) in [6.07, 6.45) is 0. The first-order valence-corrected chi connectivity index (χ1v) is 6.50. The van der Waals surface area contributed by atoms with Crippen molar-refractivity contribution < 1.29 is 0 Å². The fourth-order valence-electron chi connectivity index (χ4n) is 0.926. The minimum Gasteiger partial charge on any atom is -0.143 e. The molecule has 0 aliphatic heterocycles. The summed E-state index contributed by atoms with van der Waals surface area (Å²) in [7, 11) is 0. The number of thiol groups is 1. The van der Waals surface area contributed by atoms with Gasteiger partial charge in [0.05, 0.1) is 20.1 Å². The van der Waals surface area contributed by atoms with E-state index in [4.69, 9.17) is 46.4 Å². The van der Waals surface area contributed by atoms with Gasteiger partial charge in [-0.05, 0) is 24.3 Å². The first kappa shape index (κ1) is 15.0. The Morgan fingerprint density at radius 1 is 0.647 bits per heavy atom. The Kier molecular flexibility index (Phi) is 6.53. The topological polar surface area (TPSA) is 0 Å². The van der Waals surface area contributed by atoms with Crippen molar-refractivity contribution in [3.8, 4) is 0 Å². The van der Waals surface area contributed by atoms with E-state index in [0.717, 1.165) is 4.90 Å². The molecule has 2 rings (SSSR count). The van der Waals surface area contributed by atoms with E-state index in [1.165, 1.54) is 12.1 Å². The van der Waals surface area contributed by atoms with Crippen molar-refractivity contribution in [2.45, 2.75) is 4.90 Å². The van der Waals surface area contributed by atoms with Crippen LogP contribution in [-0.4, -0.2) is 0 Å². The van der Waals surface area contributed by atoms with E-state index in [0.29, 0.717) is 20.1 Å². The van der Waals surface area contributed by atoms with Crippen molar-refractivity contribution in [2.24, 2.45) is 0 Å². The van der Waals surface area contributed by atoms with Gasteiger partial charge in [-0.1, -0.05) is 64.6 Å². The summed E-state index contributed by atoms with van der Waals surface area (Å²) in [4.78, 5) is 1.02. The summed E-state index contributed by atoms with van der Waals surface area (Å²) < 4.78 is 0. The van der Waals surface area contributed by atoms with Crippen LogP contribution in [0.15, 0.2) is 47.4 Å². The third kappa shape index (κ3) is 5.41. The van der Waals surface area contributed by atoms with Gasteiger partial charge < -0.3 is 0 Å². The second-order valence-electron chi connectivity index (χ2n) is 3.02. The Bertz CT molecular complexity index is 435. The van der Waals surface area contributed by atoms with Crippen LogP contribution in [0.25, 0.3) is 0 Å². The van der Waals surface area contributed by atoms with E-state index < -0.39 is 0 Å². The van der Waals surface area contributed by atoms with Crippen molar-refractivity contribution in [3.63, 3.8) is 0 Å². The number of hydrogen-bond donors (Lipinski definition) is 1. The molecule has 0 nitrogen and oxygen atoms in total. The highest BCUT2D eigenvalue weighted by Gasteiger charge is 2.02. The third-order valence-corrected chi connectivity index (χ3v) is 3.46. The fourth-order valence-corrected chi connectivity index (χ4v) is 1.86. The average Bonchev–Trinajstić information content (AvgIpc) is 2.28. The minimum atomic E-state index is 0.413. The fraction of sp³-hybridized carbons (Fsp3) is 0. The number of rotatable bonds is 0. The van der Waals surface area contributed by atoms with Crippen LogP contribution in [0.4, 0.5) is 0 Å². The average molecular weight is 326 g/mol. The smallest absolute Gasteiger partial charge is 0.0608 e. The normalized spacial score (nSPS) is 9.47. The highest BCUT2D eigenvalue weighted by atomic mass is 35.5. The molecule has 0 atom stereocenters. The second-order valence-corrected chi connectivity index (χ2v) is 5.16. The SMILES string of the molecule is Clc1cc(Cl)c(Cl)cc1Cl.Sc1ccccc1. The van der Waals surface area contributed by atoms with E-state index in [9.17, 15) is 0 Å². The lowest BCUT2D eigenvalue weighted by atomic mass is 10.4. The predicted molar refractivity (Wildman–Crippen MR) is 80.2 cm³/mol. The van der Waals surface area contributed by atoms with Gasteiger partial charge in [-0.15, -0.1) is 12.6 Å². The molecule has 0 amide bonds. The molecule has 0 bridgehead atoms. The summed E-state index contributed by atoms with van der Waals surface area (Å²) in [5, 5.41) is 1.65. The summed E-state index contributed by atoms with van der Waals surface area (Å²) in [5.41, 5.74) is 0. The Morgan fingerprint density at radius 3 is 1.24 bits per heavy atom. The standard InChI is InChI=1S/C6H2Cl4.C6H6S/c7-3-1-4(8)6(10)2-5(3)9;7-6-4-2-1-3-5-6/h1-2H;1-5,7H. The lowest BCUT2D eigenvalue weighted by molar-refractivity contribution is 1.48. The monoisotopic (exact) mass is 324 g/mol. The number of hydrogen-bond acceptors (Lipinski definition) is 1. The largest absolute Gasteiger partial charge is 0.143 e. The van der Waals surface area contributed by atoms with Crippen LogP contribution in [0.3, 0.4) is 0 Å². The Balaban J connectivity index is 0.000000181. The zero-order valence-electron chi connectivity index (χ0n) is 8.50. The molecule has 0 saturated carbocycles. The molecule has 0 heterocycles. The van der Waals surface area contributed by atoms with Gasteiger partial charge in [0.15, 0.2) is 0 Å². The van der Waals surface area contributed by atoms with Crippen LogP contribution in [0.5, 0.6) is 0 Å². The van der Waals surface area contributed by atoms with E-state index in [1.54, 1.807) is 0 Å². The highest BCUT2D eigenvalue weighted by Crippen LogP contribution is 2.31. The van der Waals surface area contributed by atoms with Crippen LogP contribution < -0.4 is 0 Å². The maximum atomic E-state index is 5.61. The van der Waals surface area contributed by atoms with E-state index >= 15 is 0 Å². The van der Waals surface area contributed by atoms with Crippen LogP contribution >= 0.6 is 59.0 Å². The van der Waals surface area contributed by atoms with Gasteiger partial charge in [-0.3, -0.25) is 0 Å². The quantitative estimate of drug-likeness (QED) is 0.428. The molecule has 90 valence electrons. The molecule has 17 heavy (non-hydrogen) atoms. The van der Waals surface area contributed by atoms with Crippen molar-refractivity contribution >= 4 is 59.0 Å². The summed E-state index contributed by atoms with van der Waals surface area (Å²) in [5.74, 6) is 0.